The number of nitrogens with zero attached hydrogens (tertiary/aromatic N) is 3. The first-order valence-electron chi connectivity index (χ1n) is 8.28. The van der Waals surface area contributed by atoms with Crippen LogP contribution in [0.5, 0.6) is 5.75 Å². The summed E-state index contributed by atoms with van der Waals surface area (Å²) >= 11 is 17.7. The Hall–Kier alpha value is -1.82. The highest BCUT2D eigenvalue weighted by atomic mass is 35.5. The summed E-state index contributed by atoms with van der Waals surface area (Å²) in [5.74, 6) is 0.215. The van der Waals surface area contributed by atoms with E-state index in [4.69, 9.17) is 39.5 Å². The minimum Gasteiger partial charge on any atom is -0.490 e. The molecule has 7 nitrogen and oxygen atoms in total. The summed E-state index contributed by atoms with van der Waals surface area (Å²) in [6.45, 7) is -1.05. The zero-order valence-electron chi connectivity index (χ0n) is 15.1. The standard InChI is InChI=1S/C16H16Cl3F4N3O4/c17-10-7-12(19)13(8-11(10)18)29-5-4-26(15(27)28)25-2-1-24(9-25)3-6-30-16(22,23)14(20)21/h1-2,7-8,14H,3-6,9H2,(H,27,28). The van der Waals surface area contributed by atoms with Gasteiger partial charge in [-0.3, -0.25) is 5.01 Å². The van der Waals surface area contributed by atoms with Crippen molar-refractivity contribution in [2.24, 2.45) is 0 Å². The number of rotatable bonds is 10. The van der Waals surface area contributed by atoms with Crippen LogP contribution in [0.2, 0.25) is 15.1 Å². The van der Waals surface area contributed by atoms with Gasteiger partial charge in [0.15, 0.2) is 0 Å². The van der Waals surface area contributed by atoms with Gasteiger partial charge in [-0.25, -0.2) is 18.6 Å². The third-order valence-electron chi connectivity index (χ3n) is 3.77. The Balaban J connectivity index is 1.84. The molecule has 168 valence electrons. The van der Waals surface area contributed by atoms with Gasteiger partial charge in [0.05, 0.1) is 28.2 Å². The molecule has 14 heteroatoms. The average molecular weight is 497 g/mol. The summed E-state index contributed by atoms with van der Waals surface area (Å²) in [6.07, 6.45) is -6.98. The van der Waals surface area contributed by atoms with Gasteiger partial charge in [0.1, 0.15) is 19.0 Å². The Morgan fingerprint density at radius 3 is 2.47 bits per heavy atom. The van der Waals surface area contributed by atoms with Crippen LogP contribution in [0.1, 0.15) is 0 Å². The van der Waals surface area contributed by atoms with Crippen LogP contribution >= 0.6 is 34.8 Å². The van der Waals surface area contributed by atoms with Crippen molar-refractivity contribution in [2.45, 2.75) is 12.5 Å². The molecule has 2 rings (SSSR count). The molecular weight excluding hydrogens is 481 g/mol. The van der Waals surface area contributed by atoms with Crippen LogP contribution in [-0.4, -0.2) is 71.6 Å². The molecule has 1 aromatic carbocycles. The number of hydrazine groups is 1. The largest absolute Gasteiger partial charge is 0.490 e. The lowest BCUT2D eigenvalue weighted by molar-refractivity contribution is -0.300. The number of carboxylic acid groups (broad SMARTS) is 1. The summed E-state index contributed by atoms with van der Waals surface area (Å²) in [4.78, 5) is 12.9. The Kier molecular flexibility index (Phi) is 8.53. The predicted octanol–water partition coefficient (Wildman–Crippen LogP) is 4.84. The molecule has 1 amide bonds. The van der Waals surface area contributed by atoms with Crippen LogP contribution in [0.4, 0.5) is 22.4 Å². The number of halogens is 7. The molecule has 0 spiro atoms. The zero-order chi connectivity index (χ0) is 22.5. The van der Waals surface area contributed by atoms with Crippen molar-refractivity contribution in [1.82, 2.24) is 14.9 Å². The van der Waals surface area contributed by atoms with Crippen molar-refractivity contribution < 1.29 is 36.9 Å². The second kappa shape index (κ2) is 10.5. The second-order valence-electron chi connectivity index (χ2n) is 5.85. The van der Waals surface area contributed by atoms with E-state index in [2.05, 4.69) is 4.74 Å². The van der Waals surface area contributed by atoms with E-state index in [-0.39, 0.29) is 47.2 Å². The summed E-state index contributed by atoms with van der Waals surface area (Å²) < 4.78 is 58.9. The van der Waals surface area contributed by atoms with Crippen LogP contribution in [-0.2, 0) is 4.74 Å². The topological polar surface area (TPSA) is 65.5 Å². The van der Waals surface area contributed by atoms with Gasteiger partial charge in [-0.1, -0.05) is 34.8 Å². The van der Waals surface area contributed by atoms with Gasteiger partial charge in [-0.05, 0) is 6.07 Å². The van der Waals surface area contributed by atoms with Crippen molar-refractivity contribution >= 4 is 40.9 Å². The van der Waals surface area contributed by atoms with Crippen molar-refractivity contribution in [3.8, 4) is 5.75 Å². The fourth-order valence-corrected chi connectivity index (χ4v) is 2.90. The van der Waals surface area contributed by atoms with E-state index >= 15 is 0 Å². The molecule has 0 radical (unpaired) electrons. The van der Waals surface area contributed by atoms with Gasteiger partial charge in [0.2, 0.25) is 0 Å². The summed E-state index contributed by atoms with van der Waals surface area (Å²) in [6, 6.07) is 2.78. The number of hydrogen-bond acceptors (Lipinski definition) is 5. The molecule has 0 saturated carbocycles. The van der Waals surface area contributed by atoms with Crippen molar-refractivity contribution in [1.29, 1.82) is 0 Å². The number of hydrogen-bond donors (Lipinski definition) is 1. The fraction of sp³-hybridized carbons (Fsp3) is 0.438. The number of benzene rings is 1. The lowest BCUT2D eigenvalue weighted by Gasteiger charge is -2.30. The van der Waals surface area contributed by atoms with Crippen molar-refractivity contribution in [3.05, 3.63) is 39.6 Å². The molecule has 0 unspecified atom stereocenters. The molecule has 1 N–H and O–H groups in total. The Morgan fingerprint density at radius 1 is 1.17 bits per heavy atom. The van der Waals surface area contributed by atoms with Gasteiger partial charge in [-0.15, -0.1) is 0 Å². The zero-order valence-corrected chi connectivity index (χ0v) is 17.3. The summed E-state index contributed by atoms with van der Waals surface area (Å²) in [5, 5.41) is 12.2. The van der Waals surface area contributed by atoms with E-state index < -0.39 is 25.2 Å². The quantitative estimate of drug-likeness (QED) is 0.369. The lowest BCUT2D eigenvalue weighted by atomic mass is 10.3. The molecule has 1 heterocycles. The molecule has 0 aromatic heterocycles. The van der Waals surface area contributed by atoms with Gasteiger partial charge < -0.3 is 19.5 Å². The van der Waals surface area contributed by atoms with E-state index in [9.17, 15) is 27.5 Å². The SMILES string of the molecule is O=C(O)N(CCOc1cc(Cl)c(Cl)cc1Cl)N1C=CN(CCOC(F)(F)C(F)F)C1. The number of carbonyl (C=O) groups is 1. The van der Waals surface area contributed by atoms with E-state index in [1.165, 1.54) is 34.4 Å². The first kappa shape index (κ1) is 24.4. The maximum Gasteiger partial charge on any atom is 0.426 e. The first-order valence-corrected chi connectivity index (χ1v) is 9.41. The molecule has 30 heavy (non-hydrogen) atoms. The molecule has 0 aliphatic carbocycles. The van der Waals surface area contributed by atoms with Gasteiger partial charge in [-0.2, -0.15) is 8.78 Å². The highest BCUT2D eigenvalue weighted by Gasteiger charge is 2.42. The number of alkyl halides is 4. The van der Waals surface area contributed by atoms with Gasteiger partial charge in [0.25, 0.3) is 0 Å². The van der Waals surface area contributed by atoms with Gasteiger partial charge in [0, 0.05) is 25.0 Å². The van der Waals surface area contributed by atoms with Gasteiger partial charge >= 0.3 is 18.6 Å². The molecule has 0 fully saturated rings. The van der Waals surface area contributed by atoms with E-state index in [1.54, 1.807) is 0 Å². The highest BCUT2D eigenvalue weighted by molar-refractivity contribution is 6.43. The van der Waals surface area contributed by atoms with Crippen molar-refractivity contribution in [3.63, 3.8) is 0 Å². The Labute approximate surface area is 183 Å². The number of amides is 1. The van der Waals surface area contributed by atoms with Crippen LogP contribution in [0.25, 0.3) is 0 Å². The highest BCUT2D eigenvalue weighted by Crippen LogP contribution is 2.33. The molecule has 0 saturated heterocycles. The second-order valence-corrected chi connectivity index (χ2v) is 7.07. The molecular formula is C16H16Cl3F4N3O4. The minimum atomic E-state index is -4.54. The number of ether oxygens (including phenoxy) is 2. The summed E-state index contributed by atoms with van der Waals surface area (Å²) in [5.41, 5.74) is 0. The molecule has 1 aliphatic rings. The molecule has 1 aromatic rings. The smallest absolute Gasteiger partial charge is 0.426 e. The van der Waals surface area contributed by atoms with E-state index in [0.29, 0.717) is 0 Å². The molecule has 1 aliphatic heterocycles. The maximum absolute atomic E-state index is 12.7. The maximum atomic E-state index is 12.7. The minimum absolute atomic E-state index is 0.0244. The van der Waals surface area contributed by atoms with Crippen LogP contribution < -0.4 is 4.74 Å². The van der Waals surface area contributed by atoms with E-state index in [1.807, 2.05) is 0 Å². The Bertz CT molecular complexity index is 788. The predicted molar refractivity (Wildman–Crippen MR) is 101 cm³/mol. The van der Waals surface area contributed by atoms with E-state index in [0.717, 1.165) is 5.01 Å². The average Bonchev–Trinajstić information content (AvgIpc) is 3.10. The third kappa shape index (κ3) is 6.59. The first-order chi connectivity index (χ1) is 14.0. The van der Waals surface area contributed by atoms with Crippen molar-refractivity contribution in [2.75, 3.05) is 33.0 Å². The van der Waals surface area contributed by atoms with Crippen LogP contribution in [0.15, 0.2) is 24.5 Å². The monoisotopic (exact) mass is 495 g/mol. The lowest BCUT2D eigenvalue weighted by Crippen LogP contribution is -2.46. The Morgan fingerprint density at radius 2 is 1.83 bits per heavy atom. The van der Waals surface area contributed by atoms with Crippen LogP contribution in [0, 0.1) is 0 Å². The summed E-state index contributed by atoms with van der Waals surface area (Å²) in [7, 11) is 0. The molecule has 0 atom stereocenters. The molecule has 0 bridgehead atoms. The normalized spacial score (nSPS) is 14.0. The fourth-order valence-electron chi connectivity index (χ4n) is 2.31. The van der Waals surface area contributed by atoms with Crippen LogP contribution in [0.3, 0.4) is 0 Å². The third-order valence-corrected chi connectivity index (χ3v) is 4.79.